The zero-order valence-electron chi connectivity index (χ0n) is 12.0. The normalized spacial score (nSPS) is 17.2. The van der Waals surface area contributed by atoms with Crippen molar-refractivity contribution >= 4 is 5.91 Å². The minimum atomic E-state index is -0.212. The lowest BCUT2D eigenvalue weighted by atomic mass is 10.1. The molecular formula is C13H23N5O2. The Kier molecular flexibility index (Phi) is 5.49. The second-order valence-corrected chi connectivity index (χ2v) is 5.19. The van der Waals surface area contributed by atoms with Crippen molar-refractivity contribution in [3.63, 3.8) is 0 Å². The summed E-state index contributed by atoms with van der Waals surface area (Å²) in [5.74, 6) is 0.160. The number of carbonyl (C=O) groups is 1. The van der Waals surface area contributed by atoms with Gasteiger partial charge in [0.05, 0.1) is 24.9 Å². The fourth-order valence-corrected chi connectivity index (χ4v) is 2.36. The molecule has 1 saturated heterocycles. The van der Waals surface area contributed by atoms with E-state index in [0.29, 0.717) is 13.1 Å². The molecule has 0 aromatic carbocycles. The number of hydrogen-bond donors (Lipinski definition) is 2. The van der Waals surface area contributed by atoms with Crippen molar-refractivity contribution in [1.29, 1.82) is 0 Å². The molecule has 2 N–H and O–H groups in total. The number of hydrogen-bond acceptors (Lipinski definition) is 5. The highest BCUT2D eigenvalue weighted by molar-refractivity contribution is 5.81. The molecule has 1 aromatic rings. The molecule has 2 rings (SSSR count). The summed E-state index contributed by atoms with van der Waals surface area (Å²) in [4.78, 5) is 14.2. The van der Waals surface area contributed by atoms with Crippen LogP contribution in [-0.2, 0) is 17.9 Å². The van der Waals surface area contributed by atoms with E-state index < -0.39 is 0 Å². The van der Waals surface area contributed by atoms with Crippen LogP contribution in [0.2, 0.25) is 0 Å². The Morgan fingerprint density at radius 1 is 1.45 bits per heavy atom. The average Bonchev–Trinajstić information content (AvgIpc) is 2.93. The molecule has 0 spiro atoms. The van der Waals surface area contributed by atoms with Gasteiger partial charge >= 0.3 is 0 Å². The van der Waals surface area contributed by atoms with Crippen molar-refractivity contribution in [2.75, 3.05) is 19.7 Å². The van der Waals surface area contributed by atoms with Crippen molar-refractivity contribution in [3.8, 4) is 0 Å². The minimum Gasteiger partial charge on any atom is -0.394 e. The first-order valence-electron chi connectivity index (χ1n) is 7.22. The molecule has 1 unspecified atom stereocenters. The Hall–Kier alpha value is -1.47. The number of rotatable bonds is 6. The van der Waals surface area contributed by atoms with E-state index in [2.05, 4.69) is 15.6 Å². The number of aliphatic hydroxyl groups is 1. The second-order valence-electron chi connectivity index (χ2n) is 5.19. The fourth-order valence-electron chi connectivity index (χ4n) is 2.36. The van der Waals surface area contributed by atoms with E-state index in [1.54, 1.807) is 10.9 Å². The minimum absolute atomic E-state index is 0.0417. The van der Waals surface area contributed by atoms with Crippen LogP contribution >= 0.6 is 0 Å². The third-order valence-electron chi connectivity index (χ3n) is 3.54. The van der Waals surface area contributed by atoms with Crippen molar-refractivity contribution in [3.05, 3.63) is 11.9 Å². The first-order chi connectivity index (χ1) is 9.70. The van der Waals surface area contributed by atoms with Gasteiger partial charge in [0.25, 0.3) is 0 Å². The van der Waals surface area contributed by atoms with Gasteiger partial charge in [0.2, 0.25) is 5.91 Å². The Morgan fingerprint density at radius 2 is 2.20 bits per heavy atom. The molecule has 0 bridgehead atoms. The quantitative estimate of drug-likeness (QED) is 0.752. The largest absolute Gasteiger partial charge is 0.394 e. The molecule has 1 atom stereocenters. The van der Waals surface area contributed by atoms with E-state index in [4.69, 9.17) is 5.11 Å². The van der Waals surface area contributed by atoms with E-state index in [9.17, 15) is 4.79 Å². The van der Waals surface area contributed by atoms with Gasteiger partial charge in [-0.05, 0) is 26.2 Å². The smallest absolute Gasteiger partial charge is 0.239 e. The topological polar surface area (TPSA) is 83.3 Å². The molecule has 7 nitrogen and oxygen atoms in total. The number of likely N-dealkylation sites (tertiary alicyclic amines) is 1. The lowest BCUT2D eigenvalue weighted by Gasteiger charge is -2.29. The van der Waals surface area contributed by atoms with E-state index >= 15 is 0 Å². The van der Waals surface area contributed by atoms with Crippen molar-refractivity contribution in [2.24, 2.45) is 0 Å². The maximum Gasteiger partial charge on any atom is 0.239 e. The molecule has 7 heteroatoms. The van der Waals surface area contributed by atoms with Gasteiger partial charge in [0.15, 0.2) is 0 Å². The Bertz CT molecular complexity index is 428. The molecule has 112 valence electrons. The van der Waals surface area contributed by atoms with E-state index in [1.807, 2.05) is 11.8 Å². The molecule has 1 aromatic heterocycles. The summed E-state index contributed by atoms with van der Waals surface area (Å²) in [6.07, 6.45) is 5.21. The fraction of sp³-hybridized carbons (Fsp3) is 0.769. The summed E-state index contributed by atoms with van der Waals surface area (Å²) < 4.78 is 1.59. The molecule has 1 aliphatic heterocycles. The number of aliphatic hydroxyl groups excluding tert-OH is 1. The summed E-state index contributed by atoms with van der Waals surface area (Å²) in [6.45, 7) is 4.62. The summed E-state index contributed by atoms with van der Waals surface area (Å²) >= 11 is 0. The molecule has 0 radical (unpaired) electrons. The lowest BCUT2D eigenvalue weighted by Crippen LogP contribution is -2.46. The molecule has 1 aliphatic rings. The molecule has 0 aliphatic carbocycles. The number of amides is 1. The maximum absolute atomic E-state index is 12.2. The standard InChI is InChI=1S/C13H23N5O2/c1-11(13(20)17-5-3-2-4-6-17)14-9-12-10-18(7-8-19)16-15-12/h10-11,14,19H,2-9H2,1H3. The lowest BCUT2D eigenvalue weighted by molar-refractivity contribution is -0.133. The highest BCUT2D eigenvalue weighted by atomic mass is 16.3. The molecule has 20 heavy (non-hydrogen) atoms. The monoisotopic (exact) mass is 281 g/mol. The summed E-state index contributed by atoms with van der Waals surface area (Å²) in [5.41, 5.74) is 0.775. The third kappa shape index (κ3) is 4.01. The van der Waals surface area contributed by atoms with Crippen LogP contribution in [0.3, 0.4) is 0 Å². The predicted octanol–water partition coefficient (Wildman–Crippen LogP) is -0.239. The summed E-state index contributed by atoms with van der Waals surface area (Å²) in [6, 6.07) is -0.212. The van der Waals surface area contributed by atoms with Gasteiger partial charge in [-0.15, -0.1) is 5.10 Å². The van der Waals surface area contributed by atoms with Crippen LogP contribution in [0.5, 0.6) is 0 Å². The SMILES string of the molecule is CC(NCc1cn(CCO)nn1)C(=O)N1CCCCC1. The molecule has 1 fully saturated rings. The van der Waals surface area contributed by atoms with E-state index in [0.717, 1.165) is 31.6 Å². The highest BCUT2D eigenvalue weighted by Crippen LogP contribution is 2.10. The zero-order valence-corrected chi connectivity index (χ0v) is 12.0. The van der Waals surface area contributed by atoms with Gasteiger partial charge in [-0.2, -0.15) is 0 Å². The van der Waals surface area contributed by atoms with Gasteiger partial charge in [0, 0.05) is 25.8 Å². The summed E-state index contributed by atoms with van der Waals surface area (Å²) in [7, 11) is 0. The molecule has 1 amide bonds. The number of nitrogens with one attached hydrogen (secondary N) is 1. The van der Waals surface area contributed by atoms with Crippen LogP contribution in [0.1, 0.15) is 31.9 Å². The summed E-state index contributed by atoms with van der Waals surface area (Å²) in [5, 5.41) is 19.9. The third-order valence-corrected chi connectivity index (χ3v) is 3.54. The van der Waals surface area contributed by atoms with Gasteiger partial charge in [-0.3, -0.25) is 4.79 Å². The van der Waals surface area contributed by atoms with Gasteiger partial charge < -0.3 is 15.3 Å². The zero-order chi connectivity index (χ0) is 14.4. The Morgan fingerprint density at radius 3 is 2.90 bits per heavy atom. The van der Waals surface area contributed by atoms with E-state index in [1.165, 1.54) is 6.42 Å². The highest BCUT2D eigenvalue weighted by Gasteiger charge is 2.21. The van der Waals surface area contributed by atoms with Gasteiger partial charge in [0.1, 0.15) is 0 Å². The molecular weight excluding hydrogens is 258 g/mol. The number of aromatic nitrogens is 3. The second kappa shape index (κ2) is 7.35. The van der Waals surface area contributed by atoms with Crippen molar-refractivity contribution < 1.29 is 9.90 Å². The Balaban J connectivity index is 1.78. The predicted molar refractivity (Wildman–Crippen MR) is 73.8 cm³/mol. The maximum atomic E-state index is 12.2. The van der Waals surface area contributed by atoms with Crippen LogP contribution < -0.4 is 5.32 Å². The van der Waals surface area contributed by atoms with Crippen molar-refractivity contribution in [2.45, 2.75) is 45.3 Å². The van der Waals surface area contributed by atoms with Crippen LogP contribution in [-0.4, -0.2) is 56.6 Å². The number of nitrogens with zero attached hydrogens (tertiary/aromatic N) is 4. The van der Waals surface area contributed by atoms with Crippen molar-refractivity contribution in [1.82, 2.24) is 25.2 Å². The first-order valence-corrected chi connectivity index (χ1v) is 7.22. The van der Waals surface area contributed by atoms with E-state index in [-0.39, 0.29) is 18.6 Å². The van der Waals surface area contributed by atoms with Crippen LogP contribution in [0.25, 0.3) is 0 Å². The van der Waals surface area contributed by atoms with Gasteiger partial charge in [-0.25, -0.2) is 4.68 Å². The molecule has 2 heterocycles. The average molecular weight is 281 g/mol. The first kappa shape index (κ1) is 14.9. The van der Waals surface area contributed by atoms with Crippen LogP contribution in [0.15, 0.2) is 6.20 Å². The van der Waals surface area contributed by atoms with Crippen LogP contribution in [0, 0.1) is 0 Å². The number of piperidine rings is 1. The van der Waals surface area contributed by atoms with Gasteiger partial charge in [-0.1, -0.05) is 5.21 Å². The van der Waals surface area contributed by atoms with Crippen LogP contribution in [0.4, 0.5) is 0 Å². The number of carbonyl (C=O) groups excluding carboxylic acids is 1. The Labute approximate surface area is 119 Å². The molecule has 0 saturated carbocycles.